The lowest BCUT2D eigenvalue weighted by Gasteiger charge is -2.34. The Labute approximate surface area is 104 Å². The van der Waals surface area contributed by atoms with Gasteiger partial charge in [0, 0.05) is 31.4 Å². The molecule has 1 saturated heterocycles. The smallest absolute Gasteiger partial charge is 0.0592 e. The summed E-state index contributed by atoms with van der Waals surface area (Å²) in [5, 5.41) is 0. The van der Waals surface area contributed by atoms with E-state index in [1.165, 1.54) is 18.5 Å². The highest BCUT2D eigenvalue weighted by atomic mass is 79.9. The van der Waals surface area contributed by atoms with Crippen molar-refractivity contribution in [3.05, 3.63) is 22.9 Å². The number of halogens is 2. The zero-order chi connectivity index (χ0) is 10.7. The second kappa shape index (κ2) is 5.17. The summed E-state index contributed by atoms with van der Waals surface area (Å²) in [7, 11) is 0. The van der Waals surface area contributed by atoms with E-state index >= 15 is 0 Å². The molecule has 0 saturated carbocycles. The minimum absolute atomic E-state index is 0.625. The molecule has 1 atom stereocenters. The molecule has 2 heterocycles. The third-order valence-corrected chi connectivity index (χ3v) is 3.88. The Morgan fingerprint density at radius 3 is 3.20 bits per heavy atom. The fraction of sp³-hybridized carbons (Fsp3) is 0.545. The molecule has 1 unspecified atom stereocenters. The molecule has 1 aliphatic heterocycles. The van der Waals surface area contributed by atoms with Crippen LogP contribution in [0, 0.1) is 5.92 Å². The molecule has 0 amide bonds. The number of hydrogen-bond acceptors (Lipinski definition) is 2. The summed E-state index contributed by atoms with van der Waals surface area (Å²) in [6.07, 6.45) is 6.17. The Balaban J connectivity index is 2.13. The van der Waals surface area contributed by atoms with Crippen molar-refractivity contribution in [2.75, 3.05) is 23.9 Å². The van der Waals surface area contributed by atoms with Crippen molar-refractivity contribution in [1.29, 1.82) is 0 Å². The van der Waals surface area contributed by atoms with Gasteiger partial charge < -0.3 is 4.90 Å². The number of pyridine rings is 1. The zero-order valence-electron chi connectivity index (χ0n) is 8.50. The Kier molecular flexibility index (Phi) is 3.87. The number of hydrogen-bond donors (Lipinski definition) is 0. The molecule has 1 fully saturated rings. The summed E-state index contributed by atoms with van der Waals surface area (Å²) in [6, 6.07) is 2.06. The lowest BCUT2D eigenvalue weighted by molar-refractivity contribution is 0.450. The summed E-state index contributed by atoms with van der Waals surface area (Å²) in [5.74, 6) is 1.39. The van der Waals surface area contributed by atoms with E-state index in [1.807, 2.05) is 12.4 Å². The molecular weight excluding hydrogens is 275 g/mol. The number of piperidine rings is 1. The van der Waals surface area contributed by atoms with E-state index in [1.54, 1.807) is 0 Å². The molecule has 1 aromatic heterocycles. The van der Waals surface area contributed by atoms with E-state index in [4.69, 9.17) is 11.6 Å². The van der Waals surface area contributed by atoms with Crippen molar-refractivity contribution in [3.63, 3.8) is 0 Å². The molecule has 1 aliphatic rings. The number of alkyl halides is 1. The second-order valence-corrected chi connectivity index (χ2v) is 5.10. The van der Waals surface area contributed by atoms with Crippen molar-refractivity contribution in [1.82, 2.24) is 4.98 Å². The highest BCUT2D eigenvalue weighted by Crippen LogP contribution is 2.29. The van der Waals surface area contributed by atoms with Gasteiger partial charge in [0.2, 0.25) is 0 Å². The van der Waals surface area contributed by atoms with E-state index in [0.29, 0.717) is 5.92 Å². The molecule has 0 aromatic carbocycles. The normalized spacial score (nSPS) is 21.7. The highest BCUT2D eigenvalue weighted by molar-refractivity contribution is 9.10. The molecule has 15 heavy (non-hydrogen) atoms. The summed E-state index contributed by atoms with van der Waals surface area (Å²) in [6.45, 7) is 2.18. The van der Waals surface area contributed by atoms with E-state index in [9.17, 15) is 0 Å². The van der Waals surface area contributed by atoms with Crippen LogP contribution in [0.1, 0.15) is 12.8 Å². The quantitative estimate of drug-likeness (QED) is 0.777. The lowest BCUT2D eigenvalue weighted by atomic mass is 10.00. The van der Waals surface area contributed by atoms with Crippen LogP contribution in [0.4, 0.5) is 5.69 Å². The molecule has 0 aliphatic carbocycles. The van der Waals surface area contributed by atoms with Gasteiger partial charge in [-0.25, -0.2) is 0 Å². The third-order valence-electron chi connectivity index (χ3n) is 2.83. The fourth-order valence-electron chi connectivity index (χ4n) is 2.03. The maximum atomic E-state index is 5.92. The van der Waals surface area contributed by atoms with Gasteiger partial charge in [-0.2, -0.15) is 0 Å². The van der Waals surface area contributed by atoms with Crippen LogP contribution >= 0.6 is 27.5 Å². The van der Waals surface area contributed by atoms with Crippen LogP contribution in [0.2, 0.25) is 0 Å². The van der Waals surface area contributed by atoms with Crippen LogP contribution in [0.3, 0.4) is 0 Å². The van der Waals surface area contributed by atoms with E-state index in [2.05, 4.69) is 31.9 Å². The average molecular weight is 290 g/mol. The van der Waals surface area contributed by atoms with Crippen LogP contribution in [0.15, 0.2) is 22.9 Å². The van der Waals surface area contributed by atoms with Gasteiger partial charge >= 0.3 is 0 Å². The maximum absolute atomic E-state index is 5.92. The second-order valence-electron chi connectivity index (χ2n) is 3.94. The molecular formula is C11H14BrClN2. The molecule has 2 nitrogen and oxygen atoms in total. The molecule has 2 rings (SSSR count). The van der Waals surface area contributed by atoms with Gasteiger partial charge in [0.15, 0.2) is 0 Å². The number of anilines is 1. The first-order valence-electron chi connectivity index (χ1n) is 5.21. The predicted octanol–water partition coefficient (Wildman–Crippen LogP) is 3.30. The van der Waals surface area contributed by atoms with Crippen LogP contribution in [-0.2, 0) is 0 Å². The molecule has 82 valence electrons. The first-order chi connectivity index (χ1) is 7.31. The predicted molar refractivity (Wildman–Crippen MR) is 67.6 cm³/mol. The summed E-state index contributed by atoms with van der Waals surface area (Å²) in [5.41, 5.74) is 1.24. The van der Waals surface area contributed by atoms with Crippen molar-refractivity contribution < 1.29 is 0 Å². The Hall–Kier alpha value is -0.280. The molecule has 1 aromatic rings. The van der Waals surface area contributed by atoms with Gasteiger partial charge in [0.05, 0.1) is 10.2 Å². The molecule has 0 spiro atoms. The number of nitrogens with zero attached hydrogens (tertiary/aromatic N) is 2. The van der Waals surface area contributed by atoms with Crippen LogP contribution < -0.4 is 4.90 Å². The fourth-order valence-corrected chi connectivity index (χ4v) is 2.79. The van der Waals surface area contributed by atoms with Gasteiger partial charge in [-0.1, -0.05) is 0 Å². The number of aromatic nitrogens is 1. The molecule has 0 radical (unpaired) electrons. The van der Waals surface area contributed by atoms with Gasteiger partial charge in [-0.3, -0.25) is 4.98 Å². The first kappa shape index (κ1) is 11.2. The van der Waals surface area contributed by atoms with Crippen LogP contribution in [0.5, 0.6) is 0 Å². The Morgan fingerprint density at radius 1 is 1.60 bits per heavy atom. The SMILES string of the molecule is ClCC1CCCN(c2ccncc2Br)C1. The monoisotopic (exact) mass is 288 g/mol. The summed E-state index contributed by atoms with van der Waals surface area (Å²) in [4.78, 5) is 6.47. The van der Waals surface area contributed by atoms with E-state index in [-0.39, 0.29) is 0 Å². The van der Waals surface area contributed by atoms with Gasteiger partial charge in [0.25, 0.3) is 0 Å². The lowest BCUT2D eigenvalue weighted by Crippen LogP contribution is -2.36. The topological polar surface area (TPSA) is 16.1 Å². The third kappa shape index (κ3) is 2.64. The van der Waals surface area contributed by atoms with Gasteiger partial charge in [-0.05, 0) is 40.8 Å². The molecule has 0 bridgehead atoms. The summed E-state index contributed by atoms with van der Waals surface area (Å²) >= 11 is 9.46. The van der Waals surface area contributed by atoms with Gasteiger partial charge in [-0.15, -0.1) is 11.6 Å². The maximum Gasteiger partial charge on any atom is 0.0592 e. The van der Waals surface area contributed by atoms with Crippen molar-refractivity contribution in [2.45, 2.75) is 12.8 Å². The average Bonchev–Trinajstić information content (AvgIpc) is 2.30. The highest BCUT2D eigenvalue weighted by Gasteiger charge is 2.20. The van der Waals surface area contributed by atoms with Crippen LogP contribution in [0.25, 0.3) is 0 Å². The zero-order valence-corrected chi connectivity index (χ0v) is 10.8. The number of rotatable bonds is 2. The van der Waals surface area contributed by atoms with Crippen molar-refractivity contribution >= 4 is 33.2 Å². The van der Waals surface area contributed by atoms with Crippen LogP contribution in [-0.4, -0.2) is 24.0 Å². The van der Waals surface area contributed by atoms with Crippen molar-refractivity contribution in [2.24, 2.45) is 5.92 Å². The standard InChI is InChI=1S/C11H14BrClN2/c12-10-7-14-4-3-11(10)15-5-1-2-9(6-13)8-15/h3-4,7,9H,1-2,5-6,8H2. The van der Waals surface area contributed by atoms with E-state index in [0.717, 1.165) is 23.4 Å². The molecule has 0 N–H and O–H groups in total. The minimum atomic E-state index is 0.625. The largest absolute Gasteiger partial charge is 0.370 e. The first-order valence-corrected chi connectivity index (χ1v) is 6.54. The van der Waals surface area contributed by atoms with Crippen molar-refractivity contribution in [3.8, 4) is 0 Å². The van der Waals surface area contributed by atoms with Gasteiger partial charge in [0.1, 0.15) is 0 Å². The Morgan fingerprint density at radius 2 is 2.47 bits per heavy atom. The summed E-state index contributed by atoms with van der Waals surface area (Å²) < 4.78 is 1.07. The van der Waals surface area contributed by atoms with E-state index < -0.39 is 0 Å². The Bertz CT molecular complexity index is 332. The molecule has 4 heteroatoms. The minimum Gasteiger partial charge on any atom is -0.370 e.